The number of thiazole rings is 1. The topological polar surface area (TPSA) is 46.2 Å². The second-order valence-electron chi connectivity index (χ2n) is 4.19. The third-order valence-electron chi connectivity index (χ3n) is 2.90. The Morgan fingerprint density at radius 2 is 2.10 bits per heavy atom. The number of aromatic amines is 1. The average Bonchev–Trinajstić information content (AvgIpc) is 2.99. The van der Waals surface area contributed by atoms with Crippen molar-refractivity contribution >= 4 is 33.9 Å². The minimum atomic E-state index is -0.314. The molecule has 0 aliphatic rings. The Morgan fingerprint density at radius 1 is 1.38 bits per heavy atom. The monoisotopic (exact) mass is 386 g/mol. The van der Waals surface area contributed by atoms with E-state index in [1.165, 1.54) is 11.3 Å². The molecule has 0 aliphatic carbocycles. The molecule has 0 aliphatic heterocycles. The van der Waals surface area contributed by atoms with Gasteiger partial charge < -0.3 is 21.7 Å². The first-order valence-electron chi connectivity index (χ1n) is 6.14. The highest BCUT2D eigenvalue weighted by Gasteiger charge is 2.22. The summed E-state index contributed by atoms with van der Waals surface area (Å²) in [7, 11) is 0. The number of benzene rings is 1. The molecule has 0 spiro atoms. The molecule has 0 bridgehead atoms. The summed E-state index contributed by atoms with van der Waals surface area (Å²) in [4.78, 5) is 16.0. The van der Waals surface area contributed by atoms with Gasteiger partial charge in [0.15, 0.2) is 5.69 Å². The van der Waals surface area contributed by atoms with Crippen molar-refractivity contribution in [1.82, 2.24) is 4.98 Å². The Hall–Kier alpha value is -1.37. The van der Waals surface area contributed by atoms with Crippen molar-refractivity contribution in [2.45, 2.75) is 6.92 Å². The molecule has 0 saturated carbocycles. The number of hydrogen-bond acceptors (Lipinski definition) is 3. The lowest BCUT2D eigenvalue weighted by Gasteiger charge is -1.95. The second kappa shape index (κ2) is 6.60. The molecule has 110 valence electrons. The van der Waals surface area contributed by atoms with Crippen LogP contribution >= 0.6 is 22.9 Å². The maximum Gasteiger partial charge on any atom is 0.379 e. The zero-order chi connectivity index (χ0) is 14.1. The van der Waals surface area contributed by atoms with Gasteiger partial charge in [-0.25, -0.2) is 9.78 Å². The van der Waals surface area contributed by atoms with Crippen LogP contribution in [0.3, 0.4) is 0 Å². The van der Waals surface area contributed by atoms with Crippen LogP contribution in [0.1, 0.15) is 17.4 Å². The molecule has 3 aromatic rings. The average molecular weight is 388 g/mol. The van der Waals surface area contributed by atoms with Gasteiger partial charge in [-0.05, 0) is 31.2 Å². The number of esters is 1. The van der Waals surface area contributed by atoms with Crippen LogP contribution in [0.4, 0.5) is 0 Å². The number of rotatable bonds is 3. The number of fused-ring (bicyclic) bond motifs is 1. The van der Waals surface area contributed by atoms with Crippen molar-refractivity contribution in [3.63, 3.8) is 0 Å². The summed E-state index contributed by atoms with van der Waals surface area (Å²) in [6.45, 7) is 2.16. The Kier molecular flexibility index (Phi) is 5.03. The summed E-state index contributed by atoms with van der Waals surface area (Å²) in [6, 6.07) is 7.54. The van der Waals surface area contributed by atoms with Gasteiger partial charge in [-0.3, -0.25) is 0 Å². The molecule has 21 heavy (non-hydrogen) atoms. The summed E-state index contributed by atoms with van der Waals surface area (Å²) >= 11 is 7.35. The summed E-state index contributed by atoms with van der Waals surface area (Å²) in [5.74, 6) is -0.314. The summed E-state index contributed by atoms with van der Waals surface area (Å²) in [6.07, 6.45) is 1.89. The van der Waals surface area contributed by atoms with E-state index in [1.54, 1.807) is 12.3 Å². The number of carbonyl (C=O) groups is 1. The second-order valence-corrected chi connectivity index (χ2v) is 5.49. The van der Waals surface area contributed by atoms with E-state index in [-0.39, 0.29) is 23.0 Å². The SMILES string of the molecule is CCOC(=O)c1csc2[nH]c(-c3ccc(Cl)cc3)c[n+]12.[Br-]. The largest absolute Gasteiger partial charge is 1.00 e. The van der Waals surface area contributed by atoms with E-state index in [9.17, 15) is 4.79 Å². The molecule has 0 fully saturated rings. The lowest BCUT2D eigenvalue weighted by atomic mass is 10.2. The minimum Gasteiger partial charge on any atom is -1.00 e. The first kappa shape index (κ1) is 16.0. The number of carbonyl (C=O) groups excluding carboxylic acids is 1. The van der Waals surface area contributed by atoms with Gasteiger partial charge in [0.1, 0.15) is 6.20 Å². The third kappa shape index (κ3) is 3.12. The maximum atomic E-state index is 11.8. The molecule has 0 atom stereocenters. The Morgan fingerprint density at radius 3 is 2.76 bits per heavy atom. The van der Waals surface area contributed by atoms with Crippen molar-refractivity contribution in [2.24, 2.45) is 0 Å². The number of ether oxygens (including phenoxy) is 1. The number of nitrogens with one attached hydrogen (secondary N) is 1. The number of H-pyrrole nitrogens is 1. The predicted octanol–water partition coefficient (Wildman–Crippen LogP) is 0.316. The smallest absolute Gasteiger partial charge is 0.379 e. The van der Waals surface area contributed by atoms with Crippen molar-refractivity contribution in [3.8, 4) is 11.3 Å². The molecule has 2 heterocycles. The highest BCUT2D eigenvalue weighted by Crippen LogP contribution is 2.21. The van der Waals surface area contributed by atoms with Gasteiger partial charge in [0.2, 0.25) is 5.69 Å². The van der Waals surface area contributed by atoms with Crippen LogP contribution in [0.2, 0.25) is 5.02 Å². The fraction of sp³-hybridized carbons (Fsp3) is 0.143. The van der Waals surface area contributed by atoms with Gasteiger partial charge in [-0.2, -0.15) is 4.40 Å². The Labute approximate surface area is 141 Å². The zero-order valence-electron chi connectivity index (χ0n) is 11.1. The van der Waals surface area contributed by atoms with Crippen LogP contribution in [0.5, 0.6) is 0 Å². The van der Waals surface area contributed by atoms with Gasteiger partial charge in [0.05, 0.1) is 12.0 Å². The first-order chi connectivity index (χ1) is 9.69. The van der Waals surface area contributed by atoms with Crippen molar-refractivity contribution in [1.29, 1.82) is 0 Å². The quantitative estimate of drug-likeness (QED) is 0.520. The highest BCUT2D eigenvalue weighted by atomic mass is 79.9. The number of hydrogen-bond donors (Lipinski definition) is 1. The summed E-state index contributed by atoms with van der Waals surface area (Å²) in [5, 5.41) is 2.48. The van der Waals surface area contributed by atoms with Crippen LogP contribution in [-0.2, 0) is 4.74 Å². The standard InChI is InChI=1S/C14H11ClN2O2S.BrH/c1-2-19-13(18)12-8-20-14-16-11(7-17(12)14)9-3-5-10(15)6-4-9;/h3-8H,2H2,1H3;1H. The fourth-order valence-corrected chi connectivity index (χ4v) is 2.95. The zero-order valence-corrected chi connectivity index (χ0v) is 14.3. The van der Waals surface area contributed by atoms with E-state index in [1.807, 2.05) is 34.9 Å². The minimum absolute atomic E-state index is 0. The van der Waals surface area contributed by atoms with Crippen LogP contribution in [-0.4, -0.2) is 17.6 Å². The van der Waals surface area contributed by atoms with Crippen LogP contribution < -0.4 is 21.4 Å². The van der Waals surface area contributed by atoms with Gasteiger partial charge in [-0.1, -0.05) is 22.9 Å². The highest BCUT2D eigenvalue weighted by molar-refractivity contribution is 7.14. The molecule has 1 aromatic carbocycles. The van der Waals surface area contributed by atoms with Crippen LogP contribution in [0, 0.1) is 0 Å². The van der Waals surface area contributed by atoms with E-state index in [0.717, 1.165) is 16.2 Å². The maximum absolute atomic E-state index is 11.8. The van der Waals surface area contributed by atoms with E-state index in [0.29, 0.717) is 17.3 Å². The van der Waals surface area contributed by atoms with Crippen molar-refractivity contribution < 1.29 is 30.9 Å². The summed E-state index contributed by atoms with van der Waals surface area (Å²) in [5.41, 5.74) is 2.47. The molecular formula is C14H12BrClN2O2S. The molecule has 3 rings (SSSR count). The van der Waals surface area contributed by atoms with Gasteiger partial charge in [0.25, 0.3) is 0 Å². The van der Waals surface area contributed by atoms with Crippen LogP contribution in [0.25, 0.3) is 16.2 Å². The van der Waals surface area contributed by atoms with Crippen molar-refractivity contribution in [3.05, 3.63) is 46.6 Å². The molecule has 1 N–H and O–H groups in total. The predicted molar refractivity (Wildman–Crippen MR) is 78.2 cm³/mol. The normalized spacial score (nSPS) is 10.4. The number of imidazole rings is 1. The van der Waals surface area contributed by atoms with E-state index in [2.05, 4.69) is 4.98 Å². The molecule has 0 radical (unpaired) electrons. The van der Waals surface area contributed by atoms with E-state index < -0.39 is 0 Å². The lowest BCUT2D eigenvalue weighted by molar-refractivity contribution is -0.508. The molecular weight excluding hydrogens is 376 g/mol. The summed E-state index contributed by atoms with van der Waals surface area (Å²) < 4.78 is 6.85. The Bertz CT molecular complexity index is 767. The van der Waals surface area contributed by atoms with Gasteiger partial charge >= 0.3 is 10.9 Å². The molecule has 7 heteroatoms. The molecule has 2 aromatic heterocycles. The molecule has 0 unspecified atom stereocenters. The first-order valence-corrected chi connectivity index (χ1v) is 7.39. The number of halogens is 2. The molecule has 0 amide bonds. The number of nitrogens with zero attached hydrogens (tertiary/aromatic N) is 1. The van der Waals surface area contributed by atoms with E-state index in [4.69, 9.17) is 16.3 Å². The lowest BCUT2D eigenvalue weighted by Crippen LogP contribution is -3.00. The fourth-order valence-electron chi connectivity index (χ4n) is 1.96. The molecule has 4 nitrogen and oxygen atoms in total. The molecule has 0 saturated heterocycles. The number of aromatic nitrogens is 2. The van der Waals surface area contributed by atoms with Crippen molar-refractivity contribution in [2.75, 3.05) is 6.61 Å². The van der Waals surface area contributed by atoms with Gasteiger partial charge in [0, 0.05) is 10.6 Å². The van der Waals surface area contributed by atoms with Gasteiger partial charge in [-0.15, -0.1) is 0 Å². The third-order valence-corrected chi connectivity index (χ3v) is 4.02. The Balaban J connectivity index is 0.00000161. The van der Waals surface area contributed by atoms with Crippen LogP contribution in [0.15, 0.2) is 35.8 Å². The van der Waals surface area contributed by atoms with E-state index >= 15 is 0 Å².